The summed E-state index contributed by atoms with van der Waals surface area (Å²) in [7, 11) is 3.15. The van der Waals surface area contributed by atoms with Gasteiger partial charge in [0.15, 0.2) is 11.7 Å². The lowest BCUT2D eigenvalue weighted by atomic mass is 10.1. The van der Waals surface area contributed by atoms with Crippen molar-refractivity contribution in [2.24, 2.45) is 0 Å². The van der Waals surface area contributed by atoms with Crippen LogP contribution in [0.25, 0.3) is 22.6 Å². The Morgan fingerprint density at radius 2 is 1.81 bits per heavy atom. The third-order valence-corrected chi connectivity index (χ3v) is 3.80. The zero-order valence-electron chi connectivity index (χ0n) is 14.4. The van der Waals surface area contributed by atoms with Crippen LogP contribution >= 0.6 is 0 Å². The molecule has 0 saturated heterocycles. The molecule has 26 heavy (non-hydrogen) atoms. The first-order valence-corrected chi connectivity index (χ1v) is 7.97. The summed E-state index contributed by atoms with van der Waals surface area (Å²) in [6.07, 6.45) is 1.80. The van der Waals surface area contributed by atoms with E-state index in [9.17, 15) is 4.79 Å². The van der Waals surface area contributed by atoms with Gasteiger partial charge in [0.05, 0.1) is 20.6 Å². The normalized spacial score (nSPS) is 10.5. The highest BCUT2D eigenvalue weighted by atomic mass is 16.5. The average molecular weight is 354 g/mol. The highest BCUT2D eigenvalue weighted by Gasteiger charge is 2.18. The number of hydrogen-bond donors (Lipinski definition) is 1. The van der Waals surface area contributed by atoms with Crippen LogP contribution in [0.3, 0.4) is 0 Å². The minimum atomic E-state index is -0.901. The van der Waals surface area contributed by atoms with Gasteiger partial charge in [-0.25, -0.2) is 9.97 Å². The summed E-state index contributed by atoms with van der Waals surface area (Å²) in [5, 5.41) is 8.89. The Labute approximate surface area is 150 Å². The molecule has 0 aliphatic heterocycles. The SMILES string of the molecule is COc1ccc(-c2oc(CCC(=O)O)nc2-c2ccc(OC)nc2)cc1. The smallest absolute Gasteiger partial charge is 0.303 e. The lowest BCUT2D eigenvalue weighted by Crippen LogP contribution is -1.97. The van der Waals surface area contributed by atoms with Crippen molar-refractivity contribution in [3.05, 3.63) is 48.5 Å². The van der Waals surface area contributed by atoms with Gasteiger partial charge in [-0.2, -0.15) is 0 Å². The van der Waals surface area contributed by atoms with Crippen molar-refractivity contribution < 1.29 is 23.8 Å². The van der Waals surface area contributed by atoms with Crippen LogP contribution in [0.5, 0.6) is 11.6 Å². The molecule has 0 aliphatic carbocycles. The molecule has 0 radical (unpaired) electrons. The standard InChI is InChI=1S/C19H18N2O5/c1-24-14-6-3-12(4-7-14)19-18(13-5-8-15(25-2)20-11-13)21-16(26-19)9-10-17(22)23/h3-8,11H,9-10H2,1-2H3,(H,22,23). The largest absolute Gasteiger partial charge is 0.497 e. The van der Waals surface area contributed by atoms with E-state index >= 15 is 0 Å². The van der Waals surface area contributed by atoms with Crippen LogP contribution in [0.1, 0.15) is 12.3 Å². The second-order valence-electron chi connectivity index (χ2n) is 5.50. The number of aryl methyl sites for hydroxylation is 1. The molecule has 0 atom stereocenters. The number of carboxylic acids is 1. The Morgan fingerprint density at radius 3 is 2.38 bits per heavy atom. The van der Waals surface area contributed by atoms with Gasteiger partial charge in [-0.05, 0) is 30.3 Å². The summed E-state index contributed by atoms with van der Waals surface area (Å²) in [5.74, 6) is 1.24. The van der Waals surface area contributed by atoms with Gasteiger partial charge < -0.3 is 19.0 Å². The van der Waals surface area contributed by atoms with Crippen LogP contribution in [-0.4, -0.2) is 35.3 Å². The number of hydrogen-bond acceptors (Lipinski definition) is 6. The number of carbonyl (C=O) groups is 1. The molecule has 3 rings (SSSR count). The van der Waals surface area contributed by atoms with Crippen molar-refractivity contribution >= 4 is 5.97 Å². The zero-order valence-corrected chi connectivity index (χ0v) is 14.4. The van der Waals surface area contributed by atoms with E-state index in [-0.39, 0.29) is 12.8 Å². The second-order valence-corrected chi connectivity index (χ2v) is 5.50. The lowest BCUT2D eigenvalue weighted by Gasteiger charge is -2.04. The number of pyridine rings is 1. The summed E-state index contributed by atoms with van der Waals surface area (Å²) in [6.45, 7) is 0. The minimum Gasteiger partial charge on any atom is -0.497 e. The number of ether oxygens (including phenoxy) is 2. The zero-order chi connectivity index (χ0) is 18.5. The molecule has 0 spiro atoms. The summed E-state index contributed by atoms with van der Waals surface area (Å²) in [4.78, 5) is 19.5. The van der Waals surface area contributed by atoms with Crippen LogP contribution in [0, 0.1) is 0 Å². The van der Waals surface area contributed by atoms with Gasteiger partial charge >= 0.3 is 5.97 Å². The molecule has 3 aromatic rings. The van der Waals surface area contributed by atoms with Crippen LogP contribution in [-0.2, 0) is 11.2 Å². The summed E-state index contributed by atoms with van der Waals surface area (Å²) in [6, 6.07) is 10.9. The minimum absolute atomic E-state index is 0.0527. The maximum Gasteiger partial charge on any atom is 0.303 e. The molecule has 0 bridgehead atoms. The van der Waals surface area contributed by atoms with E-state index in [1.807, 2.05) is 30.3 Å². The van der Waals surface area contributed by atoms with E-state index in [0.717, 1.165) is 16.9 Å². The van der Waals surface area contributed by atoms with Gasteiger partial charge in [-0.1, -0.05) is 0 Å². The Balaban J connectivity index is 2.02. The molecule has 0 fully saturated rings. The van der Waals surface area contributed by atoms with Crippen LogP contribution in [0.15, 0.2) is 47.0 Å². The molecular formula is C19H18N2O5. The van der Waals surface area contributed by atoms with E-state index in [2.05, 4.69) is 9.97 Å². The van der Waals surface area contributed by atoms with Gasteiger partial charge in [0.1, 0.15) is 11.4 Å². The number of rotatable bonds is 7. The topological polar surface area (TPSA) is 94.7 Å². The molecule has 2 heterocycles. The van der Waals surface area contributed by atoms with Gasteiger partial charge in [-0.3, -0.25) is 4.79 Å². The molecule has 2 aromatic heterocycles. The van der Waals surface area contributed by atoms with Crippen molar-refractivity contribution in [3.8, 4) is 34.2 Å². The average Bonchev–Trinajstić information content (AvgIpc) is 3.11. The number of carboxylic acid groups (broad SMARTS) is 1. The first kappa shape index (κ1) is 17.5. The monoisotopic (exact) mass is 354 g/mol. The van der Waals surface area contributed by atoms with Crippen LogP contribution in [0.2, 0.25) is 0 Å². The number of oxazole rings is 1. The first-order valence-electron chi connectivity index (χ1n) is 7.97. The number of benzene rings is 1. The number of nitrogens with zero attached hydrogens (tertiary/aromatic N) is 2. The fourth-order valence-electron chi connectivity index (χ4n) is 2.46. The van der Waals surface area contributed by atoms with Gasteiger partial charge in [0.2, 0.25) is 5.88 Å². The predicted molar refractivity (Wildman–Crippen MR) is 94.2 cm³/mol. The molecule has 0 amide bonds. The molecule has 7 heteroatoms. The maximum absolute atomic E-state index is 10.8. The van der Waals surface area contributed by atoms with Crippen LogP contribution in [0.4, 0.5) is 0 Å². The van der Waals surface area contributed by atoms with Crippen LogP contribution < -0.4 is 9.47 Å². The van der Waals surface area contributed by atoms with Crippen molar-refractivity contribution in [2.75, 3.05) is 14.2 Å². The third-order valence-electron chi connectivity index (χ3n) is 3.80. The molecule has 0 saturated carbocycles. The number of aliphatic carboxylic acids is 1. The van der Waals surface area contributed by atoms with Crippen molar-refractivity contribution in [2.45, 2.75) is 12.8 Å². The van der Waals surface area contributed by atoms with Crippen molar-refractivity contribution in [1.29, 1.82) is 0 Å². The third kappa shape index (κ3) is 3.83. The van der Waals surface area contributed by atoms with Crippen molar-refractivity contribution in [1.82, 2.24) is 9.97 Å². The molecule has 1 aromatic carbocycles. The highest BCUT2D eigenvalue weighted by Crippen LogP contribution is 2.34. The summed E-state index contributed by atoms with van der Waals surface area (Å²) in [5.41, 5.74) is 2.17. The van der Waals surface area contributed by atoms with E-state index in [4.69, 9.17) is 19.0 Å². The molecule has 134 valence electrons. The highest BCUT2D eigenvalue weighted by molar-refractivity contribution is 5.77. The van der Waals surface area contributed by atoms with Gasteiger partial charge in [0, 0.05) is 29.8 Å². The molecule has 0 aliphatic rings. The van der Waals surface area contributed by atoms with Gasteiger partial charge in [0.25, 0.3) is 0 Å². The van der Waals surface area contributed by atoms with Gasteiger partial charge in [-0.15, -0.1) is 0 Å². The van der Waals surface area contributed by atoms with E-state index in [0.29, 0.717) is 23.2 Å². The molecule has 7 nitrogen and oxygen atoms in total. The first-order chi connectivity index (χ1) is 12.6. The summed E-state index contributed by atoms with van der Waals surface area (Å²) < 4.78 is 16.1. The Kier molecular flexibility index (Phi) is 5.17. The number of aromatic nitrogens is 2. The van der Waals surface area contributed by atoms with E-state index in [1.54, 1.807) is 26.5 Å². The van der Waals surface area contributed by atoms with E-state index in [1.165, 1.54) is 0 Å². The molecular weight excluding hydrogens is 336 g/mol. The molecule has 0 unspecified atom stereocenters. The number of methoxy groups -OCH3 is 2. The predicted octanol–water partition coefficient (Wildman–Crippen LogP) is 3.44. The summed E-state index contributed by atoms with van der Waals surface area (Å²) >= 11 is 0. The fraction of sp³-hybridized carbons (Fsp3) is 0.211. The van der Waals surface area contributed by atoms with E-state index < -0.39 is 5.97 Å². The second kappa shape index (κ2) is 7.69. The lowest BCUT2D eigenvalue weighted by molar-refractivity contribution is -0.137. The van der Waals surface area contributed by atoms with Crippen molar-refractivity contribution in [3.63, 3.8) is 0 Å². The Hall–Kier alpha value is -3.35. The quantitative estimate of drug-likeness (QED) is 0.694. The maximum atomic E-state index is 10.8. The molecule has 1 N–H and O–H groups in total. The Morgan fingerprint density at radius 1 is 1.08 bits per heavy atom. The Bertz CT molecular complexity index is 820. The fourth-order valence-corrected chi connectivity index (χ4v) is 2.46.